The van der Waals surface area contributed by atoms with Gasteiger partial charge in [-0.1, -0.05) is 54.1 Å². The molecule has 0 saturated heterocycles. The Morgan fingerprint density at radius 1 is 0.909 bits per heavy atom. The minimum atomic E-state index is -3.81. The van der Waals surface area contributed by atoms with Gasteiger partial charge in [-0.15, -0.1) is 0 Å². The first kappa shape index (κ1) is 22.6. The largest absolute Gasteiger partial charge is 0.481 e. The normalized spacial score (nSPS) is 12.2. The number of nitrogens with one attached hydrogen (secondary N) is 2. The highest BCUT2D eigenvalue weighted by molar-refractivity contribution is 7.92. The van der Waals surface area contributed by atoms with Crippen molar-refractivity contribution >= 4 is 49.7 Å². The average Bonchev–Trinajstić information content (AvgIpc) is 2.79. The van der Waals surface area contributed by atoms with E-state index in [9.17, 15) is 13.2 Å². The number of ether oxygens (including phenoxy) is 1. The molecule has 0 heterocycles. The number of anilines is 2. The molecule has 168 valence electrons. The van der Waals surface area contributed by atoms with Crippen LogP contribution in [0.1, 0.15) is 6.92 Å². The van der Waals surface area contributed by atoms with Crippen molar-refractivity contribution in [3.63, 3.8) is 0 Å². The fourth-order valence-electron chi connectivity index (χ4n) is 3.28. The monoisotopic (exact) mass is 480 g/mol. The minimum Gasteiger partial charge on any atom is -0.481 e. The first-order valence-corrected chi connectivity index (χ1v) is 12.0. The van der Waals surface area contributed by atoms with E-state index in [1.807, 2.05) is 30.3 Å². The minimum absolute atomic E-state index is 0.0802. The standard InChI is InChI=1S/C25H21ClN2O4S/c1-17(32-21-9-5-8-19(26)16-21)25(29)27-20-12-14-22(15-13-20)33(30,31)28-24-11-4-7-18-6-2-3-10-23(18)24/h2-17,28H,1H3,(H,27,29). The summed E-state index contributed by atoms with van der Waals surface area (Å²) in [4.78, 5) is 12.5. The van der Waals surface area contributed by atoms with Gasteiger partial charge < -0.3 is 10.1 Å². The Kier molecular flexibility index (Phi) is 6.53. The third kappa shape index (κ3) is 5.45. The zero-order valence-electron chi connectivity index (χ0n) is 17.7. The maximum Gasteiger partial charge on any atom is 0.265 e. The quantitative estimate of drug-likeness (QED) is 0.355. The summed E-state index contributed by atoms with van der Waals surface area (Å²) in [6, 6.07) is 25.7. The van der Waals surface area contributed by atoms with Gasteiger partial charge in [0.2, 0.25) is 0 Å². The van der Waals surface area contributed by atoms with Gasteiger partial charge in [-0.05, 0) is 60.8 Å². The number of amides is 1. The van der Waals surface area contributed by atoms with Crippen molar-refractivity contribution in [1.29, 1.82) is 0 Å². The van der Waals surface area contributed by atoms with Crippen molar-refractivity contribution in [3.8, 4) is 5.75 Å². The van der Waals surface area contributed by atoms with E-state index in [0.29, 0.717) is 22.1 Å². The van der Waals surface area contributed by atoms with Crippen molar-refractivity contribution in [1.82, 2.24) is 0 Å². The van der Waals surface area contributed by atoms with Crippen molar-refractivity contribution in [2.24, 2.45) is 0 Å². The number of halogens is 1. The molecular weight excluding hydrogens is 460 g/mol. The van der Waals surface area contributed by atoms with Gasteiger partial charge in [0, 0.05) is 16.1 Å². The molecule has 0 fully saturated rings. The van der Waals surface area contributed by atoms with Crippen molar-refractivity contribution in [2.75, 3.05) is 10.0 Å². The molecule has 0 aliphatic rings. The van der Waals surface area contributed by atoms with Crippen molar-refractivity contribution < 1.29 is 17.9 Å². The highest BCUT2D eigenvalue weighted by atomic mass is 35.5. The molecule has 1 atom stereocenters. The molecule has 4 rings (SSSR count). The van der Waals surface area contributed by atoms with E-state index in [4.69, 9.17) is 16.3 Å². The predicted octanol–water partition coefficient (Wildman–Crippen LogP) is 5.70. The summed E-state index contributed by atoms with van der Waals surface area (Å²) in [6.07, 6.45) is -0.778. The number of rotatable bonds is 7. The summed E-state index contributed by atoms with van der Waals surface area (Å²) in [5, 5.41) is 4.97. The van der Waals surface area contributed by atoms with E-state index in [0.717, 1.165) is 10.8 Å². The number of hydrogen-bond acceptors (Lipinski definition) is 4. The second kappa shape index (κ2) is 9.52. The summed E-state index contributed by atoms with van der Waals surface area (Å²) in [5.74, 6) is 0.102. The molecule has 0 aromatic heterocycles. The topological polar surface area (TPSA) is 84.5 Å². The number of carbonyl (C=O) groups is 1. The Morgan fingerprint density at radius 3 is 2.36 bits per heavy atom. The Labute approximate surface area is 197 Å². The van der Waals surface area contributed by atoms with Crippen LogP contribution in [0.25, 0.3) is 10.8 Å². The number of hydrogen-bond donors (Lipinski definition) is 2. The lowest BCUT2D eigenvalue weighted by Crippen LogP contribution is -2.30. The Morgan fingerprint density at radius 2 is 1.61 bits per heavy atom. The van der Waals surface area contributed by atoms with Crippen molar-refractivity contribution in [2.45, 2.75) is 17.9 Å². The second-order valence-electron chi connectivity index (χ2n) is 7.36. The lowest BCUT2D eigenvalue weighted by atomic mass is 10.1. The molecule has 4 aromatic rings. The SMILES string of the molecule is CC(Oc1cccc(Cl)c1)C(=O)Nc1ccc(S(=O)(=O)Nc2cccc3ccccc23)cc1. The van der Waals surface area contributed by atoms with E-state index in [-0.39, 0.29) is 10.8 Å². The molecule has 1 amide bonds. The van der Waals surface area contributed by atoms with Crippen LogP contribution in [0.2, 0.25) is 5.02 Å². The zero-order chi connectivity index (χ0) is 23.4. The van der Waals surface area contributed by atoms with Crippen LogP contribution in [0.5, 0.6) is 5.75 Å². The van der Waals surface area contributed by atoms with Gasteiger partial charge in [0.25, 0.3) is 15.9 Å². The Balaban J connectivity index is 1.44. The van der Waals surface area contributed by atoms with Gasteiger partial charge in [-0.25, -0.2) is 8.42 Å². The van der Waals surface area contributed by atoms with E-state index < -0.39 is 16.1 Å². The van der Waals surface area contributed by atoms with Crippen LogP contribution in [0, 0.1) is 0 Å². The lowest BCUT2D eigenvalue weighted by Gasteiger charge is -2.15. The first-order chi connectivity index (χ1) is 15.8. The number of fused-ring (bicyclic) bond motifs is 1. The number of benzene rings is 4. The predicted molar refractivity (Wildman–Crippen MR) is 131 cm³/mol. The number of sulfonamides is 1. The highest BCUT2D eigenvalue weighted by Gasteiger charge is 2.18. The maximum atomic E-state index is 12.9. The lowest BCUT2D eigenvalue weighted by molar-refractivity contribution is -0.122. The summed E-state index contributed by atoms with van der Waals surface area (Å²) < 4.78 is 34.0. The van der Waals surface area contributed by atoms with Crippen LogP contribution in [0.15, 0.2) is 95.9 Å². The van der Waals surface area contributed by atoms with Gasteiger partial charge >= 0.3 is 0 Å². The molecule has 0 aliphatic carbocycles. The van der Waals surface area contributed by atoms with Crippen LogP contribution >= 0.6 is 11.6 Å². The van der Waals surface area contributed by atoms with Gasteiger partial charge in [-0.3, -0.25) is 9.52 Å². The number of carbonyl (C=O) groups excluding carboxylic acids is 1. The van der Waals surface area contributed by atoms with Crippen molar-refractivity contribution in [3.05, 3.63) is 96.0 Å². The zero-order valence-corrected chi connectivity index (χ0v) is 19.2. The van der Waals surface area contributed by atoms with E-state index in [2.05, 4.69) is 10.0 Å². The molecule has 0 radical (unpaired) electrons. The van der Waals surface area contributed by atoms with E-state index in [1.54, 1.807) is 43.3 Å². The van der Waals surface area contributed by atoms with Crippen LogP contribution in [0.3, 0.4) is 0 Å². The Hall–Kier alpha value is -3.55. The maximum absolute atomic E-state index is 12.9. The fourth-order valence-corrected chi connectivity index (χ4v) is 4.54. The fraction of sp³-hybridized carbons (Fsp3) is 0.0800. The molecule has 4 aromatic carbocycles. The van der Waals surface area contributed by atoms with Crippen LogP contribution in [-0.2, 0) is 14.8 Å². The molecule has 8 heteroatoms. The third-order valence-corrected chi connectivity index (χ3v) is 6.56. The average molecular weight is 481 g/mol. The summed E-state index contributed by atoms with van der Waals surface area (Å²) in [7, 11) is -3.81. The van der Waals surface area contributed by atoms with Gasteiger partial charge in [0.05, 0.1) is 10.6 Å². The highest BCUT2D eigenvalue weighted by Crippen LogP contribution is 2.26. The molecule has 0 saturated carbocycles. The first-order valence-electron chi connectivity index (χ1n) is 10.2. The third-order valence-electron chi connectivity index (χ3n) is 4.94. The smallest absolute Gasteiger partial charge is 0.265 e. The molecule has 1 unspecified atom stereocenters. The Bertz CT molecular complexity index is 1400. The molecule has 0 aliphatic heterocycles. The molecule has 6 nitrogen and oxygen atoms in total. The van der Waals surface area contributed by atoms with E-state index >= 15 is 0 Å². The van der Waals surface area contributed by atoms with Crippen LogP contribution < -0.4 is 14.8 Å². The molecular formula is C25H21ClN2O4S. The summed E-state index contributed by atoms with van der Waals surface area (Å²) in [5.41, 5.74) is 0.947. The van der Waals surface area contributed by atoms with Gasteiger partial charge in [0.1, 0.15) is 5.75 Å². The summed E-state index contributed by atoms with van der Waals surface area (Å²) >= 11 is 5.93. The van der Waals surface area contributed by atoms with Gasteiger partial charge in [0.15, 0.2) is 6.10 Å². The second-order valence-corrected chi connectivity index (χ2v) is 9.48. The van der Waals surface area contributed by atoms with Gasteiger partial charge in [-0.2, -0.15) is 0 Å². The molecule has 0 bridgehead atoms. The molecule has 2 N–H and O–H groups in total. The van der Waals surface area contributed by atoms with Crippen LogP contribution in [-0.4, -0.2) is 20.4 Å². The molecule has 0 spiro atoms. The van der Waals surface area contributed by atoms with E-state index in [1.165, 1.54) is 24.3 Å². The van der Waals surface area contributed by atoms with Crippen LogP contribution in [0.4, 0.5) is 11.4 Å². The summed E-state index contributed by atoms with van der Waals surface area (Å²) in [6.45, 7) is 1.61. The molecule has 33 heavy (non-hydrogen) atoms.